The molecule has 6 heteroatoms. The molecule has 0 radical (unpaired) electrons. The molecule has 148 valence electrons. The third-order valence-electron chi connectivity index (χ3n) is 4.75. The molecule has 1 aliphatic rings. The third-order valence-corrected chi connectivity index (χ3v) is 4.75. The molecule has 3 rings (SSSR count). The Labute approximate surface area is 165 Å². The van der Waals surface area contributed by atoms with Crippen LogP contribution in [0.4, 0.5) is 16.2 Å². The van der Waals surface area contributed by atoms with Gasteiger partial charge in [-0.05, 0) is 54.8 Å². The number of anilines is 2. The number of rotatable bonds is 6. The Morgan fingerprint density at radius 2 is 1.82 bits per heavy atom. The summed E-state index contributed by atoms with van der Waals surface area (Å²) in [5, 5.41) is 5.72. The molecule has 0 bridgehead atoms. The number of nitrogens with zero attached hydrogens (tertiary/aromatic N) is 1. The SMILES string of the molecule is CCOc1ccc(N2CC(NC(=O)Nc3ccc(C(C)C)cc3)CC2=O)cc1. The van der Waals surface area contributed by atoms with Crippen molar-refractivity contribution < 1.29 is 14.3 Å². The van der Waals surface area contributed by atoms with Crippen LogP contribution in [0.5, 0.6) is 5.75 Å². The Morgan fingerprint density at radius 1 is 1.14 bits per heavy atom. The van der Waals surface area contributed by atoms with Crippen molar-refractivity contribution in [3.8, 4) is 5.75 Å². The van der Waals surface area contributed by atoms with Gasteiger partial charge in [0.1, 0.15) is 5.75 Å². The minimum atomic E-state index is -0.302. The molecule has 1 saturated heterocycles. The summed E-state index contributed by atoms with van der Waals surface area (Å²) in [4.78, 5) is 26.3. The highest BCUT2D eigenvalue weighted by Gasteiger charge is 2.31. The lowest BCUT2D eigenvalue weighted by Gasteiger charge is -2.18. The molecule has 1 heterocycles. The van der Waals surface area contributed by atoms with Crippen molar-refractivity contribution in [2.45, 2.75) is 39.2 Å². The van der Waals surface area contributed by atoms with Crippen LogP contribution in [0.25, 0.3) is 0 Å². The van der Waals surface area contributed by atoms with Gasteiger partial charge in [0.15, 0.2) is 0 Å². The average molecular weight is 381 g/mol. The number of urea groups is 1. The van der Waals surface area contributed by atoms with Gasteiger partial charge in [-0.3, -0.25) is 4.79 Å². The van der Waals surface area contributed by atoms with Gasteiger partial charge in [0, 0.05) is 24.3 Å². The lowest BCUT2D eigenvalue weighted by Crippen LogP contribution is -2.39. The van der Waals surface area contributed by atoms with Gasteiger partial charge in [-0.25, -0.2) is 4.79 Å². The van der Waals surface area contributed by atoms with Gasteiger partial charge in [-0.2, -0.15) is 0 Å². The van der Waals surface area contributed by atoms with Crippen LogP contribution in [0.1, 0.15) is 38.7 Å². The number of ether oxygens (including phenoxy) is 1. The Balaban J connectivity index is 1.55. The van der Waals surface area contributed by atoms with E-state index in [4.69, 9.17) is 4.74 Å². The first-order valence-electron chi connectivity index (χ1n) is 9.67. The summed E-state index contributed by atoms with van der Waals surface area (Å²) in [5.41, 5.74) is 2.76. The highest BCUT2D eigenvalue weighted by atomic mass is 16.5. The molecular weight excluding hydrogens is 354 g/mol. The summed E-state index contributed by atoms with van der Waals surface area (Å²) in [7, 11) is 0. The standard InChI is InChI=1S/C22H27N3O3/c1-4-28-20-11-9-19(10-12-20)25-14-18(13-21(25)26)24-22(27)23-17-7-5-16(6-8-17)15(2)3/h5-12,15,18H,4,13-14H2,1-3H3,(H2,23,24,27). The summed E-state index contributed by atoms with van der Waals surface area (Å²) in [6, 6.07) is 14.7. The van der Waals surface area contributed by atoms with E-state index < -0.39 is 0 Å². The topological polar surface area (TPSA) is 70.7 Å². The molecule has 2 N–H and O–H groups in total. The Hall–Kier alpha value is -3.02. The molecule has 0 aliphatic carbocycles. The first kappa shape index (κ1) is 19.7. The monoisotopic (exact) mass is 381 g/mol. The quantitative estimate of drug-likeness (QED) is 0.790. The van der Waals surface area contributed by atoms with Crippen molar-refractivity contribution >= 4 is 23.3 Å². The molecule has 0 saturated carbocycles. The van der Waals surface area contributed by atoms with Crippen molar-refractivity contribution in [3.05, 3.63) is 54.1 Å². The van der Waals surface area contributed by atoms with Gasteiger partial charge in [0.05, 0.1) is 12.6 Å². The molecule has 2 aromatic rings. The highest BCUT2D eigenvalue weighted by molar-refractivity contribution is 5.97. The minimum absolute atomic E-state index is 0.00394. The van der Waals surface area contributed by atoms with Gasteiger partial charge >= 0.3 is 6.03 Å². The smallest absolute Gasteiger partial charge is 0.319 e. The predicted molar refractivity (Wildman–Crippen MR) is 111 cm³/mol. The number of carbonyl (C=O) groups excluding carboxylic acids is 2. The predicted octanol–water partition coefficient (Wildman–Crippen LogP) is 4.14. The number of benzene rings is 2. The highest BCUT2D eigenvalue weighted by Crippen LogP contribution is 2.24. The Bertz CT molecular complexity index is 816. The summed E-state index contributed by atoms with van der Waals surface area (Å²) >= 11 is 0. The zero-order chi connectivity index (χ0) is 20.1. The fraction of sp³-hybridized carbons (Fsp3) is 0.364. The van der Waals surface area contributed by atoms with Crippen LogP contribution in [0.15, 0.2) is 48.5 Å². The van der Waals surface area contributed by atoms with E-state index in [0.29, 0.717) is 19.1 Å². The van der Waals surface area contributed by atoms with Crippen LogP contribution in [0.2, 0.25) is 0 Å². The number of hydrogen-bond donors (Lipinski definition) is 2. The largest absolute Gasteiger partial charge is 0.494 e. The van der Waals surface area contributed by atoms with Gasteiger partial charge in [0.25, 0.3) is 0 Å². The third kappa shape index (κ3) is 4.82. The molecule has 6 nitrogen and oxygen atoms in total. The molecule has 1 atom stereocenters. The van der Waals surface area contributed by atoms with Crippen molar-refractivity contribution in [1.29, 1.82) is 0 Å². The van der Waals surface area contributed by atoms with Crippen molar-refractivity contribution in [2.75, 3.05) is 23.4 Å². The molecule has 28 heavy (non-hydrogen) atoms. The van der Waals surface area contributed by atoms with E-state index in [1.165, 1.54) is 5.56 Å². The maximum atomic E-state index is 12.4. The molecule has 1 fully saturated rings. The molecule has 1 unspecified atom stereocenters. The summed E-state index contributed by atoms with van der Waals surface area (Å²) < 4.78 is 5.43. The van der Waals surface area contributed by atoms with E-state index in [1.54, 1.807) is 4.90 Å². The minimum Gasteiger partial charge on any atom is -0.494 e. The lowest BCUT2D eigenvalue weighted by atomic mass is 10.0. The number of amides is 3. The Kier molecular flexibility index (Phi) is 6.19. The van der Waals surface area contributed by atoms with Gasteiger partial charge in [0.2, 0.25) is 5.91 Å². The first-order valence-corrected chi connectivity index (χ1v) is 9.67. The number of nitrogens with one attached hydrogen (secondary N) is 2. The van der Waals surface area contributed by atoms with E-state index in [0.717, 1.165) is 17.1 Å². The maximum Gasteiger partial charge on any atom is 0.319 e. The second kappa shape index (κ2) is 8.78. The molecule has 3 amide bonds. The zero-order valence-electron chi connectivity index (χ0n) is 16.6. The van der Waals surface area contributed by atoms with E-state index in [-0.39, 0.29) is 24.4 Å². The molecule has 2 aromatic carbocycles. The fourth-order valence-electron chi connectivity index (χ4n) is 3.25. The van der Waals surface area contributed by atoms with Gasteiger partial charge in [-0.1, -0.05) is 26.0 Å². The maximum absolute atomic E-state index is 12.4. The summed E-state index contributed by atoms with van der Waals surface area (Å²) in [6.45, 7) is 7.23. The van der Waals surface area contributed by atoms with Crippen LogP contribution < -0.4 is 20.3 Å². The van der Waals surface area contributed by atoms with Crippen LogP contribution in [-0.2, 0) is 4.79 Å². The van der Waals surface area contributed by atoms with E-state index >= 15 is 0 Å². The average Bonchev–Trinajstić information content (AvgIpc) is 3.03. The second-order valence-corrected chi connectivity index (χ2v) is 7.21. The van der Waals surface area contributed by atoms with Gasteiger partial charge in [-0.15, -0.1) is 0 Å². The molecule has 0 spiro atoms. The van der Waals surface area contributed by atoms with Crippen LogP contribution in [0.3, 0.4) is 0 Å². The Morgan fingerprint density at radius 3 is 2.43 bits per heavy atom. The van der Waals surface area contributed by atoms with E-state index in [9.17, 15) is 9.59 Å². The second-order valence-electron chi connectivity index (χ2n) is 7.21. The van der Waals surface area contributed by atoms with Crippen molar-refractivity contribution in [2.24, 2.45) is 0 Å². The fourth-order valence-corrected chi connectivity index (χ4v) is 3.25. The normalized spacial score (nSPS) is 16.4. The van der Waals surface area contributed by atoms with Crippen molar-refractivity contribution in [3.63, 3.8) is 0 Å². The van der Waals surface area contributed by atoms with Crippen LogP contribution in [0, 0.1) is 0 Å². The number of hydrogen-bond acceptors (Lipinski definition) is 3. The number of carbonyl (C=O) groups is 2. The van der Waals surface area contributed by atoms with E-state index in [1.807, 2.05) is 55.5 Å². The summed E-state index contributed by atoms with van der Waals surface area (Å²) in [5.74, 6) is 1.21. The van der Waals surface area contributed by atoms with Crippen molar-refractivity contribution in [1.82, 2.24) is 5.32 Å². The van der Waals surface area contributed by atoms with E-state index in [2.05, 4.69) is 24.5 Å². The molecular formula is C22H27N3O3. The summed E-state index contributed by atoms with van der Waals surface area (Å²) in [6.07, 6.45) is 0.285. The lowest BCUT2D eigenvalue weighted by molar-refractivity contribution is -0.117. The van der Waals surface area contributed by atoms with Crippen LogP contribution >= 0.6 is 0 Å². The zero-order valence-corrected chi connectivity index (χ0v) is 16.6. The van der Waals surface area contributed by atoms with Crippen LogP contribution in [-0.4, -0.2) is 31.1 Å². The molecule has 0 aromatic heterocycles. The first-order chi connectivity index (χ1) is 13.5. The molecule has 1 aliphatic heterocycles. The van der Waals surface area contributed by atoms with Gasteiger partial charge < -0.3 is 20.3 Å².